The Morgan fingerprint density at radius 2 is 2.07 bits per heavy atom. The van der Waals surface area contributed by atoms with Crippen LogP contribution in [0.4, 0.5) is 8.78 Å². The molecule has 1 rings (SSSR count). The second-order valence-corrected chi connectivity index (χ2v) is 3.65. The Morgan fingerprint density at radius 1 is 1.43 bits per heavy atom. The molecular weight excluding hydrogens is 254 g/mol. The lowest BCUT2D eigenvalue weighted by Crippen LogP contribution is -2.20. The second-order valence-electron chi connectivity index (χ2n) is 2.80. The second kappa shape index (κ2) is 4.49. The molecule has 0 radical (unpaired) electrons. The largest absolute Gasteiger partial charge is 0.316 e. The Bertz CT molecular complexity index is 387. The van der Waals surface area contributed by atoms with E-state index in [-0.39, 0.29) is 16.5 Å². The van der Waals surface area contributed by atoms with E-state index >= 15 is 0 Å². The summed E-state index contributed by atoms with van der Waals surface area (Å²) in [4.78, 5) is 0. The first-order valence-electron chi connectivity index (χ1n) is 3.83. The minimum absolute atomic E-state index is 0.00648. The minimum Gasteiger partial charge on any atom is -0.316 e. The molecule has 1 atom stereocenters. The van der Waals surface area contributed by atoms with E-state index in [0.717, 1.165) is 12.1 Å². The maximum atomic E-state index is 13.2. The molecule has 0 aliphatic heterocycles. The molecule has 0 amide bonds. The predicted octanol–water partition coefficient (Wildman–Crippen LogP) is 2.12. The van der Waals surface area contributed by atoms with Crippen LogP contribution in [0, 0.1) is 23.0 Å². The number of benzene rings is 1. The molecule has 2 N–H and O–H groups in total. The molecule has 0 saturated heterocycles. The van der Waals surface area contributed by atoms with Crippen LogP contribution >= 0.6 is 15.9 Å². The fourth-order valence-electron chi connectivity index (χ4n) is 1.00. The molecule has 0 spiro atoms. The van der Waals surface area contributed by atoms with Gasteiger partial charge in [0.2, 0.25) is 0 Å². The summed E-state index contributed by atoms with van der Waals surface area (Å²) in [7, 11) is 0. The SMILES string of the molecule is N#CC(N)Cc1cc(F)c(Br)cc1F. The van der Waals surface area contributed by atoms with Crippen molar-refractivity contribution in [3.8, 4) is 6.07 Å². The first kappa shape index (κ1) is 11.1. The molecule has 5 heteroatoms. The van der Waals surface area contributed by atoms with E-state index in [9.17, 15) is 8.78 Å². The van der Waals surface area contributed by atoms with Crippen LogP contribution in [-0.2, 0) is 6.42 Å². The first-order chi connectivity index (χ1) is 6.54. The van der Waals surface area contributed by atoms with Crippen molar-refractivity contribution in [2.45, 2.75) is 12.5 Å². The third-order valence-corrected chi connectivity index (χ3v) is 2.30. The van der Waals surface area contributed by atoms with E-state index < -0.39 is 17.7 Å². The van der Waals surface area contributed by atoms with Crippen molar-refractivity contribution in [3.63, 3.8) is 0 Å². The van der Waals surface area contributed by atoms with Gasteiger partial charge in [-0.3, -0.25) is 0 Å². The van der Waals surface area contributed by atoms with Gasteiger partial charge in [-0.25, -0.2) is 8.78 Å². The molecule has 0 aliphatic rings. The molecule has 0 bridgehead atoms. The van der Waals surface area contributed by atoms with Crippen molar-refractivity contribution in [1.29, 1.82) is 5.26 Å². The summed E-state index contributed by atoms with van der Waals surface area (Å²) in [6, 6.07) is 3.00. The van der Waals surface area contributed by atoms with Crippen LogP contribution in [0.2, 0.25) is 0 Å². The van der Waals surface area contributed by atoms with Gasteiger partial charge in [0.1, 0.15) is 11.6 Å². The van der Waals surface area contributed by atoms with E-state index in [1.165, 1.54) is 0 Å². The number of rotatable bonds is 2. The molecule has 0 aliphatic carbocycles. The Balaban J connectivity index is 2.99. The monoisotopic (exact) mass is 260 g/mol. The average molecular weight is 261 g/mol. The lowest BCUT2D eigenvalue weighted by Gasteiger charge is -2.05. The van der Waals surface area contributed by atoms with Gasteiger partial charge in [0.05, 0.1) is 16.6 Å². The number of hydrogen-bond acceptors (Lipinski definition) is 2. The zero-order valence-electron chi connectivity index (χ0n) is 7.10. The fourth-order valence-corrected chi connectivity index (χ4v) is 1.32. The molecule has 0 fully saturated rings. The fraction of sp³-hybridized carbons (Fsp3) is 0.222. The van der Waals surface area contributed by atoms with E-state index in [1.54, 1.807) is 6.07 Å². The molecule has 0 heterocycles. The lowest BCUT2D eigenvalue weighted by atomic mass is 10.1. The van der Waals surface area contributed by atoms with E-state index in [2.05, 4.69) is 15.9 Å². The predicted molar refractivity (Wildman–Crippen MR) is 51.4 cm³/mol. The van der Waals surface area contributed by atoms with Crippen LogP contribution in [0.15, 0.2) is 16.6 Å². The van der Waals surface area contributed by atoms with Gasteiger partial charge in [0, 0.05) is 6.42 Å². The summed E-state index contributed by atoms with van der Waals surface area (Å²) in [6.45, 7) is 0. The van der Waals surface area contributed by atoms with Gasteiger partial charge in [-0.1, -0.05) is 0 Å². The smallest absolute Gasteiger partial charge is 0.137 e. The highest BCUT2D eigenvalue weighted by atomic mass is 79.9. The lowest BCUT2D eigenvalue weighted by molar-refractivity contribution is 0.576. The third kappa shape index (κ3) is 2.50. The highest BCUT2D eigenvalue weighted by Crippen LogP contribution is 2.20. The highest BCUT2D eigenvalue weighted by molar-refractivity contribution is 9.10. The number of nitriles is 1. The van der Waals surface area contributed by atoms with Crippen LogP contribution in [-0.4, -0.2) is 6.04 Å². The normalized spacial score (nSPS) is 12.2. The summed E-state index contributed by atoms with van der Waals surface area (Å²) < 4.78 is 26.2. The van der Waals surface area contributed by atoms with Crippen molar-refractivity contribution >= 4 is 15.9 Å². The first-order valence-corrected chi connectivity index (χ1v) is 4.62. The molecule has 2 nitrogen and oxygen atoms in total. The van der Waals surface area contributed by atoms with Crippen LogP contribution in [0.25, 0.3) is 0 Å². The van der Waals surface area contributed by atoms with Crippen LogP contribution < -0.4 is 5.73 Å². The molecule has 1 aromatic rings. The standard InChI is InChI=1S/C9H7BrF2N2/c10-7-3-8(11)5(2-9(7)12)1-6(14)4-13/h2-3,6H,1,14H2. The maximum Gasteiger partial charge on any atom is 0.137 e. The van der Waals surface area contributed by atoms with E-state index in [1.807, 2.05) is 0 Å². The Hall–Kier alpha value is -0.990. The number of halogens is 3. The van der Waals surface area contributed by atoms with Crippen molar-refractivity contribution in [2.24, 2.45) is 5.73 Å². The van der Waals surface area contributed by atoms with Gasteiger partial charge in [-0.15, -0.1) is 0 Å². The quantitative estimate of drug-likeness (QED) is 0.829. The number of nitrogens with zero attached hydrogens (tertiary/aromatic N) is 1. The summed E-state index contributed by atoms with van der Waals surface area (Å²) >= 11 is 2.85. The Morgan fingerprint density at radius 3 is 2.64 bits per heavy atom. The van der Waals surface area contributed by atoms with E-state index in [0.29, 0.717) is 0 Å². The van der Waals surface area contributed by atoms with Crippen LogP contribution in [0.5, 0.6) is 0 Å². The van der Waals surface area contributed by atoms with Crippen LogP contribution in [0.1, 0.15) is 5.56 Å². The van der Waals surface area contributed by atoms with E-state index in [4.69, 9.17) is 11.0 Å². The topological polar surface area (TPSA) is 49.8 Å². The molecule has 1 unspecified atom stereocenters. The minimum atomic E-state index is -0.815. The van der Waals surface area contributed by atoms with Gasteiger partial charge in [-0.05, 0) is 33.6 Å². The van der Waals surface area contributed by atoms with Crippen LogP contribution in [0.3, 0.4) is 0 Å². The number of nitrogens with two attached hydrogens (primary N) is 1. The van der Waals surface area contributed by atoms with Crippen molar-refractivity contribution in [2.75, 3.05) is 0 Å². The summed E-state index contributed by atoms with van der Waals surface area (Å²) in [6.07, 6.45) is 0.00648. The Labute approximate surface area is 88.5 Å². The highest BCUT2D eigenvalue weighted by Gasteiger charge is 2.11. The van der Waals surface area contributed by atoms with Gasteiger partial charge >= 0.3 is 0 Å². The van der Waals surface area contributed by atoms with Gasteiger partial charge in [0.25, 0.3) is 0 Å². The zero-order valence-corrected chi connectivity index (χ0v) is 8.68. The van der Waals surface area contributed by atoms with Gasteiger partial charge < -0.3 is 5.73 Å². The maximum absolute atomic E-state index is 13.2. The molecule has 14 heavy (non-hydrogen) atoms. The average Bonchev–Trinajstić information content (AvgIpc) is 2.14. The molecule has 0 saturated carbocycles. The molecule has 1 aromatic carbocycles. The Kier molecular flexibility index (Phi) is 3.55. The summed E-state index contributed by atoms with van der Waals surface area (Å²) in [5.41, 5.74) is 5.41. The number of hydrogen-bond donors (Lipinski definition) is 1. The zero-order chi connectivity index (χ0) is 10.7. The van der Waals surface area contributed by atoms with Crippen molar-refractivity contribution in [3.05, 3.63) is 33.8 Å². The van der Waals surface area contributed by atoms with Gasteiger partial charge in [-0.2, -0.15) is 5.26 Å². The third-order valence-electron chi connectivity index (χ3n) is 1.69. The summed E-state index contributed by atoms with van der Waals surface area (Å²) in [5, 5.41) is 8.41. The van der Waals surface area contributed by atoms with Gasteiger partial charge in [0.15, 0.2) is 0 Å². The molecule has 0 aromatic heterocycles. The molecule has 74 valence electrons. The molecular formula is C9H7BrF2N2. The van der Waals surface area contributed by atoms with Crippen molar-refractivity contribution in [1.82, 2.24) is 0 Å². The van der Waals surface area contributed by atoms with Crippen molar-refractivity contribution < 1.29 is 8.78 Å². The summed E-state index contributed by atoms with van der Waals surface area (Å²) in [5.74, 6) is -1.13.